The Hall–Kier alpha value is -3.22. The standard InChI is InChI=1S/C24H27N5O2/c1-16-12-22(30)29(21-4-2-3-5-21)27-23(16)17-6-8-20(9-7-17)26-24(31)28-14-18-10-11-25-13-19(18)15-28/h6-11,13,16,21H,2-5,12,14-15H2,1H3,(H,26,31)/t16-/m1/s1. The van der Waals surface area contributed by atoms with Crippen LogP contribution in [0.15, 0.2) is 47.8 Å². The molecule has 160 valence electrons. The minimum absolute atomic E-state index is 0.0855. The quantitative estimate of drug-likeness (QED) is 0.815. The van der Waals surface area contributed by atoms with Gasteiger partial charge >= 0.3 is 6.03 Å². The SMILES string of the molecule is C[C@@H]1CC(=O)N(C2CCCC2)N=C1c1ccc(NC(=O)N2Cc3ccncc3C2)cc1. The molecule has 0 bridgehead atoms. The number of fused-ring (bicyclic) bond motifs is 1. The van der Waals surface area contributed by atoms with Gasteiger partial charge in [-0.3, -0.25) is 9.78 Å². The molecule has 0 radical (unpaired) electrons. The van der Waals surface area contributed by atoms with Crippen molar-refractivity contribution in [3.8, 4) is 0 Å². The maximum absolute atomic E-state index is 12.7. The highest BCUT2D eigenvalue weighted by Crippen LogP contribution is 2.30. The van der Waals surface area contributed by atoms with E-state index in [1.54, 1.807) is 16.1 Å². The Bertz CT molecular complexity index is 1000. The fraction of sp³-hybridized carbons (Fsp3) is 0.417. The Morgan fingerprint density at radius 1 is 1.06 bits per heavy atom. The summed E-state index contributed by atoms with van der Waals surface area (Å²) in [4.78, 5) is 31.1. The Kier molecular flexibility index (Phi) is 5.18. The molecular weight excluding hydrogens is 390 g/mol. The predicted octanol–water partition coefficient (Wildman–Crippen LogP) is 4.14. The summed E-state index contributed by atoms with van der Waals surface area (Å²) in [7, 11) is 0. The zero-order valence-electron chi connectivity index (χ0n) is 17.8. The van der Waals surface area contributed by atoms with Crippen molar-refractivity contribution in [2.24, 2.45) is 11.0 Å². The average Bonchev–Trinajstić information content (AvgIpc) is 3.45. The van der Waals surface area contributed by atoms with Crippen LogP contribution in [0.2, 0.25) is 0 Å². The first-order valence-electron chi connectivity index (χ1n) is 11.1. The van der Waals surface area contributed by atoms with E-state index < -0.39 is 0 Å². The Morgan fingerprint density at radius 3 is 2.55 bits per heavy atom. The summed E-state index contributed by atoms with van der Waals surface area (Å²) >= 11 is 0. The molecule has 2 aromatic rings. The van der Waals surface area contributed by atoms with Crippen LogP contribution in [0.5, 0.6) is 0 Å². The normalized spacial score (nSPS) is 21.3. The van der Waals surface area contributed by atoms with E-state index in [9.17, 15) is 9.59 Å². The number of urea groups is 1. The van der Waals surface area contributed by atoms with E-state index >= 15 is 0 Å². The third-order valence-corrected chi connectivity index (χ3v) is 6.54. The summed E-state index contributed by atoms with van der Waals surface area (Å²) in [5.74, 6) is 0.219. The lowest BCUT2D eigenvalue weighted by molar-refractivity contribution is -0.134. The van der Waals surface area contributed by atoms with Gasteiger partial charge in [-0.15, -0.1) is 0 Å². The summed E-state index contributed by atoms with van der Waals surface area (Å²) in [6, 6.07) is 9.86. The van der Waals surface area contributed by atoms with Crippen LogP contribution < -0.4 is 5.32 Å². The minimum atomic E-state index is -0.120. The molecule has 1 fully saturated rings. The molecule has 3 amide bonds. The first-order chi connectivity index (χ1) is 15.1. The van der Waals surface area contributed by atoms with Crippen molar-refractivity contribution in [2.75, 3.05) is 5.32 Å². The zero-order chi connectivity index (χ0) is 21.4. The van der Waals surface area contributed by atoms with E-state index in [4.69, 9.17) is 5.10 Å². The first kappa shape index (κ1) is 19.7. The van der Waals surface area contributed by atoms with Gasteiger partial charge in [-0.25, -0.2) is 9.80 Å². The lowest BCUT2D eigenvalue weighted by Crippen LogP contribution is -2.41. The third-order valence-electron chi connectivity index (χ3n) is 6.54. The Morgan fingerprint density at radius 2 is 1.81 bits per heavy atom. The van der Waals surface area contributed by atoms with Gasteiger partial charge in [-0.1, -0.05) is 31.9 Å². The van der Waals surface area contributed by atoms with Crippen molar-refractivity contribution in [2.45, 2.75) is 58.2 Å². The summed E-state index contributed by atoms with van der Waals surface area (Å²) in [6.07, 6.45) is 8.50. The van der Waals surface area contributed by atoms with Gasteiger partial charge in [0.25, 0.3) is 0 Å². The van der Waals surface area contributed by atoms with Crippen LogP contribution in [0.3, 0.4) is 0 Å². The molecule has 3 heterocycles. The molecule has 3 aliphatic rings. The van der Waals surface area contributed by atoms with Gasteiger partial charge in [0.15, 0.2) is 0 Å². The van der Waals surface area contributed by atoms with Crippen LogP contribution >= 0.6 is 0 Å². The summed E-state index contributed by atoms with van der Waals surface area (Å²) < 4.78 is 0. The highest BCUT2D eigenvalue weighted by Gasteiger charge is 2.33. The van der Waals surface area contributed by atoms with Gasteiger partial charge in [0.05, 0.1) is 11.8 Å². The van der Waals surface area contributed by atoms with E-state index in [1.165, 1.54) is 12.8 Å². The second kappa shape index (κ2) is 8.13. The van der Waals surface area contributed by atoms with Gasteiger partial charge < -0.3 is 10.2 Å². The molecule has 1 aromatic carbocycles. The van der Waals surface area contributed by atoms with E-state index in [1.807, 2.05) is 36.5 Å². The minimum Gasteiger partial charge on any atom is -0.316 e. The molecule has 7 nitrogen and oxygen atoms in total. The Labute approximate surface area is 182 Å². The molecule has 0 saturated heterocycles. The van der Waals surface area contributed by atoms with Crippen LogP contribution in [0.25, 0.3) is 0 Å². The number of benzene rings is 1. The molecule has 7 heteroatoms. The average molecular weight is 418 g/mol. The number of nitrogens with one attached hydrogen (secondary N) is 1. The van der Waals surface area contributed by atoms with Gasteiger partial charge in [0, 0.05) is 43.5 Å². The van der Waals surface area contributed by atoms with Gasteiger partial charge in [0.2, 0.25) is 5.91 Å². The second-order valence-corrected chi connectivity index (χ2v) is 8.77. The number of carbonyl (C=O) groups excluding carboxylic acids is 2. The van der Waals surface area contributed by atoms with E-state index in [-0.39, 0.29) is 23.9 Å². The molecular formula is C24H27N5O2. The number of carbonyl (C=O) groups is 2. The zero-order valence-corrected chi connectivity index (χ0v) is 17.8. The molecule has 1 aliphatic carbocycles. The fourth-order valence-corrected chi connectivity index (χ4v) is 4.79. The number of hydrogen-bond acceptors (Lipinski definition) is 4. The van der Waals surface area contributed by atoms with Crippen LogP contribution in [0.1, 0.15) is 55.7 Å². The molecule has 5 rings (SSSR count). The summed E-state index contributed by atoms with van der Waals surface area (Å²) in [5, 5.41) is 9.49. The van der Waals surface area contributed by atoms with Gasteiger partial charge in [-0.05, 0) is 47.7 Å². The number of anilines is 1. The number of amides is 3. The summed E-state index contributed by atoms with van der Waals surface area (Å²) in [6.45, 7) is 3.23. The lowest BCUT2D eigenvalue weighted by atomic mass is 9.93. The molecule has 1 aromatic heterocycles. The number of hydrogen-bond donors (Lipinski definition) is 1. The third kappa shape index (κ3) is 3.92. The van der Waals surface area contributed by atoms with Crippen molar-refractivity contribution >= 4 is 23.3 Å². The highest BCUT2D eigenvalue weighted by molar-refractivity contribution is 6.06. The second-order valence-electron chi connectivity index (χ2n) is 8.77. The fourth-order valence-electron chi connectivity index (χ4n) is 4.79. The predicted molar refractivity (Wildman–Crippen MR) is 118 cm³/mol. The lowest BCUT2D eigenvalue weighted by Gasteiger charge is -2.31. The smallest absolute Gasteiger partial charge is 0.316 e. The van der Waals surface area contributed by atoms with Crippen molar-refractivity contribution < 1.29 is 9.59 Å². The molecule has 0 unspecified atom stereocenters. The maximum Gasteiger partial charge on any atom is 0.322 e. The molecule has 1 atom stereocenters. The number of nitrogens with zero attached hydrogens (tertiary/aromatic N) is 4. The van der Waals surface area contributed by atoms with E-state index in [0.29, 0.717) is 19.5 Å². The number of rotatable bonds is 3. The van der Waals surface area contributed by atoms with Crippen molar-refractivity contribution in [3.05, 3.63) is 59.4 Å². The van der Waals surface area contributed by atoms with Crippen LogP contribution in [0, 0.1) is 5.92 Å². The van der Waals surface area contributed by atoms with Crippen LogP contribution in [-0.4, -0.2) is 38.6 Å². The monoisotopic (exact) mass is 417 g/mol. The van der Waals surface area contributed by atoms with Gasteiger partial charge in [-0.2, -0.15) is 5.10 Å². The topological polar surface area (TPSA) is 77.9 Å². The maximum atomic E-state index is 12.7. The van der Waals surface area contributed by atoms with Gasteiger partial charge in [0.1, 0.15) is 0 Å². The molecule has 1 N–H and O–H groups in total. The number of hydrazone groups is 1. The summed E-state index contributed by atoms with van der Waals surface area (Å²) in [5.41, 5.74) is 4.94. The molecule has 0 spiro atoms. The van der Waals surface area contributed by atoms with Crippen molar-refractivity contribution in [1.82, 2.24) is 14.9 Å². The highest BCUT2D eigenvalue weighted by atomic mass is 16.2. The first-order valence-corrected chi connectivity index (χ1v) is 11.1. The largest absolute Gasteiger partial charge is 0.322 e. The molecule has 2 aliphatic heterocycles. The van der Waals surface area contributed by atoms with E-state index in [0.717, 1.165) is 40.9 Å². The molecule has 1 saturated carbocycles. The number of pyridine rings is 1. The molecule has 31 heavy (non-hydrogen) atoms. The Balaban J connectivity index is 1.28. The van der Waals surface area contributed by atoms with Crippen LogP contribution in [-0.2, 0) is 17.9 Å². The van der Waals surface area contributed by atoms with Crippen molar-refractivity contribution in [1.29, 1.82) is 0 Å². The van der Waals surface area contributed by atoms with Crippen molar-refractivity contribution in [3.63, 3.8) is 0 Å². The van der Waals surface area contributed by atoms with E-state index in [2.05, 4.69) is 17.2 Å². The van der Waals surface area contributed by atoms with Crippen LogP contribution in [0.4, 0.5) is 10.5 Å². The number of aromatic nitrogens is 1.